The summed E-state index contributed by atoms with van der Waals surface area (Å²) in [4.78, 5) is 3.75. The van der Waals surface area contributed by atoms with Gasteiger partial charge in [-0.2, -0.15) is 18.3 Å². The zero-order valence-corrected chi connectivity index (χ0v) is 15.3. The van der Waals surface area contributed by atoms with E-state index in [-0.39, 0.29) is 17.9 Å². The molecule has 0 radical (unpaired) electrons. The predicted molar refractivity (Wildman–Crippen MR) is 88.9 cm³/mol. The van der Waals surface area contributed by atoms with E-state index in [9.17, 15) is 26.7 Å². The molecule has 1 aromatic heterocycles. The highest BCUT2D eigenvalue weighted by Gasteiger charge is 2.53. The SMILES string of the molecule is CCS(=O)(=O)C(C)(C)C(O)(Cn1cncn1)c1ccc(C(F)(F)F)cc1. The van der Waals surface area contributed by atoms with Gasteiger partial charge in [0, 0.05) is 5.75 Å². The van der Waals surface area contributed by atoms with Crippen molar-refractivity contribution in [2.24, 2.45) is 0 Å². The maximum absolute atomic E-state index is 12.8. The predicted octanol–water partition coefficient (Wildman–Crippen LogP) is 2.40. The van der Waals surface area contributed by atoms with E-state index in [1.807, 2.05) is 0 Å². The third-order valence-electron chi connectivity index (χ3n) is 4.70. The van der Waals surface area contributed by atoms with Crippen molar-refractivity contribution in [2.45, 2.75) is 43.8 Å². The van der Waals surface area contributed by atoms with Crippen molar-refractivity contribution >= 4 is 9.84 Å². The first kappa shape index (κ1) is 20.4. The maximum atomic E-state index is 12.8. The Balaban J connectivity index is 2.61. The first-order chi connectivity index (χ1) is 11.8. The van der Waals surface area contributed by atoms with Crippen molar-refractivity contribution in [1.82, 2.24) is 14.8 Å². The Hall–Kier alpha value is -1.94. The molecule has 0 saturated heterocycles. The molecule has 2 aromatic rings. The zero-order chi connectivity index (χ0) is 19.8. The average molecular weight is 391 g/mol. The summed E-state index contributed by atoms with van der Waals surface area (Å²) in [7, 11) is -3.78. The Bertz CT molecular complexity index is 847. The lowest BCUT2D eigenvalue weighted by Gasteiger charge is -2.42. The van der Waals surface area contributed by atoms with Crippen LogP contribution in [0.5, 0.6) is 0 Å². The van der Waals surface area contributed by atoms with E-state index >= 15 is 0 Å². The molecule has 0 saturated carbocycles. The third-order valence-corrected chi connectivity index (χ3v) is 7.35. The van der Waals surface area contributed by atoms with E-state index < -0.39 is 31.9 Å². The lowest BCUT2D eigenvalue weighted by molar-refractivity contribution is -0.137. The van der Waals surface area contributed by atoms with Crippen molar-refractivity contribution < 1.29 is 26.7 Å². The Kier molecular flexibility index (Phi) is 5.22. The molecule has 1 N–H and O–H groups in total. The third kappa shape index (κ3) is 3.48. The van der Waals surface area contributed by atoms with Crippen LogP contribution < -0.4 is 0 Å². The molecule has 0 aliphatic carbocycles. The van der Waals surface area contributed by atoms with Crippen LogP contribution in [0.25, 0.3) is 0 Å². The van der Waals surface area contributed by atoms with Gasteiger partial charge in [-0.1, -0.05) is 19.1 Å². The van der Waals surface area contributed by atoms with E-state index in [0.717, 1.165) is 24.3 Å². The molecule has 0 aliphatic heterocycles. The van der Waals surface area contributed by atoms with Crippen LogP contribution in [0.4, 0.5) is 13.2 Å². The molecule has 1 atom stereocenters. The summed E-state index contributed by atoms with van der Waals surface area (Å²) in [6.45, 7) is 3.85. The number of nitrogens with zero attached hydrogens (tertiary/aromatic N) is 3. The van der Waals surface area contributed by atoms with E-state index in [4.69, 9.17) is 0 Å². The van der Waals surface area contributed by atoms with Gasteiger partial charge in [0.25, 0.3) is 0 Å². The smallest absolute Gasteiger partial charge is 0.382 e. The van der Waals surface area contributed by atoms with Gasteiger partial charge in [0.05, 0.1) is 12.1 Å². The summed E-state index contributed by atoms with van der Waals surface area (Å²) < 4.78 is 63.2. The normalized spacial score (nSPS) is 15.7. The van der Waals surface area contributed by atoms with Crippen LogP contribution >= 0.6 is 0 Å². The van der Waals surface area contributed by atoms with Crippen LogP contribution in [0.2, 0.25) is 0 Å². The summed E-state index contributed by atoms with van der Waals surface area (Å²) in [5.41, 5.74) is -2.87. The van der Waals surface area contributed by atoms with Crippen molar-refractivity contribution in [3.63, 3.8) is 0 Å². The second-order valence-electron chi connectivity index (χ2n) is 6.44. The summed E-state index contributed by atoms with van der Waals surface area (Å²) in [6, 6.07) is 3.81. The number of aromatic nitrogens is 3. The number of alkyl halides is 3. The lowest BCUT2D eigenvalue weighted by atomic mass is 9.82. The number of hydrogen-bond acceptors (Lipinski definition) is 5. The van der Waals surface area contributed by atoms with Crippen LogP contribution in [-0.4, -0.2) is 38.8 Å². The van der Waals surface area contributed by atoms with Crippen molar-refractivity contribution in [3.05, 3.63) is 48.0 Å². The minimum absolute atomic E-state index is 0.0445. The fourth-order valence-corrected chi connectivity index (χ4v) is 4.15. The summed E-state index contributed by atoms with van der Waals surface area (Å²) in [6.07, 6.45) is -2.02. The fraction of sp³-hybridized carbons (Fsp3) is 0.500. The Morgan fingerprint density at radius 1 is 1.12 bits per heavy atom. The molecule has 144 valence electrons. The molecule has 0 amide bonds. The first-order valence-corrected chi connectivity index (χ1v) is 9.45. The number of halogens is 3. The quantitative estimate of drug-likeness (QED) is 0.817. The average Bonchev–Trinajstić information content (AvgIpc) is 3.06. The van der Waals surface area contributed by atoms with E-state index in [0.29, 0.717) is 0 Å². The molecule has 0 spiro atoms. The van der Waals surface area contributed by atoms with Crippen LogP contribution in [-0.2, 0) is 28.2 Å². The van der Waals surface area contributed by atoms with Crippen molar-refractivity contribution in [1.29, 1.82) is 0 Å². The highest BCUT2D eigenvalue weighted by molar-refractivity contribution is 7.92. The van der Waals surface area contributed by atoms with Gasteiger partial charge in [-0.05, 0) is 31.5 Å². The van der Waals surface area contributed by atoms with Gasteiger partial charge in [-0.15, -0.1) is 0 Å². The van der Waals surface area contributed by atoms with Gasteiger partial charge in [0.15, 0.2) is 9.84 Å². The van der Waals surface area contributed by atoms with Gasteiger partial charge in [-0.25, -0.2) is 18.1 Å². The van der Waals surface area contributed by atoms with Crippen LogP contribution in [0.15, 0.2) is 36.9 Å². The number of benzene rings is 1. The second kappa shape index (κ2) is 6.66. The molecule has 2 rings (SSSR count). The maximum Gasteiger partial charge on any atom is 0.416 e. The number of hydrogen-bond donors (Lipinski definition) is 1. The Labute approximate surface area is 149 Å². The van der Waals surface area contributed by atoms with Crippen LogP contribution in [0.3, 0.4) is 0 Å². The molecule has 1 aromatic carbocycles. The van der Waals surface area contributed by atoms with E-state index in [1.165, 1.54) is 38.1 Å². The number of sulfone groups is 1. The molecule has 26 heavy (non-hydrogen) atoms. The van der Waals surface area contributed by atoms with Gasteiger partial charge >= 0.3 is 6.18 Å². The molecular formula is C16H20F3N3O3S. The zero-order valence-electron chi connectivity index (χ0n) is 14.5. The Morgan fingerprint density at radius 2 is 1.65 bits per heavy atom. The summed E-state index contributed by atoms with van der Waals surface area (Å²) in [5.74, 6) is -0.236. The molecule has 0 fully saturated rings. The van der Waals surface area contributed by atoms with E-state index in [2.05, 4.69) is 10.1 Å². The minimum atomic E-state index is -4.53. The second-order valence-corrected chi connectivity index (χ2v) is 9.27. The molecular weight excluding hydrogens is 371 g/mol. The van der Waals surface area contributed by atoms with Gasteiger partial charge in [0.1, 0.15) is 23.0 Å². The van der Waals surface area contributed by atoms with Crippen molar-refractivity contribution in [2.75, 3.05) is 5.75 Å². The minimum Gasteiger partial charge on any atom is -0.382 e. The summed E-state index contributed by atoms with van der Waals surface area (Å²) in [5, 5.41) is 15.3. The van der Waals surface area contributed by atoms with Gasteiger partial charge in [-0.3, -0.25) is 0 Å². The standard InChI is InChI=1S/C16H20F3N3O3S/c1-4-26(24,25)14(2,3)15(23,9-22-11-20-10-21-22)12-5-7-13(8-6-12)16(17,18)19/h5-8,10-11,23H,4,9H2,1-3H3. The largest absolute Gasteiger partial charge is 0.416 e. The topological polar surface area (TPSA) is 85.1 Å². The molecule has 1 unspecified atom stereocenters. The monoisotopic (exact) mass is 391 g/mol. The first-order valence-electron chi connectivity index (χ1n) is 7.80. The fourth-order valence-electron chi connectivity index (χ4n) is 2.73. The molecule has 10 heteroatoms. The number of aliphatic hydroxyl groups is 1. The highest BCUT2D eigenvalue weighted by Crippen LogP contribution is 2.41. The molecule has 0 aliphatic rings. The summed E-state index contributed by atoms with van der Waals surface area (Å²) >= 11 is 0. The lowest BCUT2D eigenvalue weighted by Crippen LogP contribution is -2.55. The van der Waals surface area contributed by atoms with Crippen LogP contribution in [0.1, 0.15) is 31.9 Å². The van der Waals surface area contributed by atoms with Crippen LogP contribution in [0, 0.1) is 0 Å². The molecule has 0 bridgehead atoms. The highest BCUT2D eigenvalue weighted by atomic mass is 32.2. The molecule has 1 heterocycles. The molecule has 6 nitrogen and oxygen atoms in total. The Morgan fingerprint density at radius 3 is 2.08 bits per heavy atom. The van der Waals surface area contributed by atoms with E-state index in [1.54, 1.807) is 0 Å². The van der Waals surface area contributed by atoms with Gasteiger partial charge in [0.2, 0.25) is 0 Å². The number of rotatable bonds is 6. The van der Waals surface area contributed by atoms with Gasteiger partial charge < -0.3 is 5.11 Å². The van der Waals surface area contributed by atoms with Crippen molar-refractivity contribution in [3.8, 4) is 0 Å².